The van der Waals surface area contributed by atoms with E-state index in [9.17, 15) is 26.7 Å². The highest BCUT2D eigenvalue weighted by atomic mass is 32.2. The van der Waals surface area contributed by atoms with Gasteiger partial charge in [0.1, 0.15) is 0 Å². The normalized spacial score (nSPS) is 14.3. The molecule has 1 saturated heterocycles. The highest BCUT2D eigenvalue weighted by Crippen LogP contribution is 2.31. The van der Waals surface area contributed by atoms with Crippen LogP contribution in [0.2, 0.25) is 0 Å². The van der Waals surface area contributed by atoms with Crippen molar-refractivity contribution in [3.8, 4) is 0 Å². The van der Waals surface area contributed by atoms with Crippen LogP contribution in [0.5, 0.6) is 0 Å². The van der Waals surface area contributed by atoms with E-state index >= 15 is 0 Å². The molecular formula is C18H13F5N2O2S. The van der Waals surface area contributed by atoms with Gasteiger partial charge in [0.25, 0.3) is 0 Å². The molecule has 1 fully saturated rings. The van der Waals surface area contributed by atoms with E-state index in [1.807, 2.05) is 0 Å². The van der Waals surface area contributed by atoms with E-state index in [0.717, 1.165) is 17.3 Å². The summed E-state index contributed by atoms with van der Waals surface area (Å²) in [5.74, 6) is -10.4. The lowest BCUT2D eigenvalue weighted by Gasteiger charge is -2.20. The summed E-state index contributed by atoms with van der Waals surface area (Å²) in [6, 6.07) is 4.96. The smallest absolute Gasteiger partial charge is 0.243 e. The second kappa shape index (κ2) is 7.88. The maximum absolute atomic E-state index is 13.7. The lowest BCUT2D eigenvalue weighted by atomic mass is 10.1. The summed E-state index contributed by atoms with van der Waals surface area (Å²) in [5, 5.41) is 7.91. The van der Waals surface area contributed by atoms with Crippen LogP contribution in [-0.4, -0.2) is 16.8 Å². The maximum atomic E-state index is 13.7. The van der Waals surface area contributed by atoms with Crippen LogP contribution in [0.25, 0.3) is 0 Å². The Hall–Kier alpha value is -2.46. The topological polar surface area (TPSA) is 53.4 Å². The zero-order chi connectivity index (χ0) is 20.6. The molecule has 148 valence electrons. The minimum absolute atomic E-state index is 0.0246. The zero-order valence-electron chi connectivity index (χ0n) is 14.4. The minimum Gasteiger partial charge on any atom is -0.372 e. The summed E-state index contributed by atoms with van der Waals surface area (Å²) in [6.07, 6.45) is 0. The van der Waals surface area contributed by atoms with Gasteiger partial charge in [-0.15, -0.1) is 0 Å². The standard InChI is InChI=1S/C18H13F5N2O2S/c1-8-2-3-9(11(4-8)25-12(26)7-28-18(25)24)5-27-6-10-13(19)15(21)17(23)16(22)14(10)20/h2-4,24H,5-7H2,1H3. The molecule has 2 aromatic carbocycles. The molecule has 1 aliphatic heterocycles. The van der Waals surface area contributed by atoms with Crippen LogP contribution in [-0.2, 0) is 22.7 Å². The summed E-state index contributed by atoms with van der Waals surface area (Å²) in [5.41, 5.74) is 0.522. The molecule has 0 aromatic heterocycles. The van der Waals surface area contributed by atoms with E-state index in [0.29, 0.717) is 11.3 Å². The number of nitrogens with zero attached hydrogens (tertiary/aromatic N) is 1. The summed E-state index contributed by atoms with van der Waals surface area (Å²) < 4.78 is 72.2. The van der Waals surface area contributed by atoms with Crippen LogP contribution in [0, 0.1) is 41.4 Å². The Kier molecular flexibility index (Phi) is 5.71. The van der Waals surface area contributed by atoms with Gasteiger partial charge in [0, 0.05) is 5.56 Å². The van der Waals surface area contributed by atoms with E-state index in [-0.39, 0.29) is 23.4 Å². The first kappa shape index (κ1) is 20.3. The molecule has 0 bridgehead atoms. The third kappa shape index (κ3) is 3.61. The molecule has 0 unspecified atom stereocenters. The maximum Gasteiger partial charge on any atom is 0.243 e. The van der Waals surface area contributed by atoms with Gasteiger partial charge in [0.05, 0.1) is 30.2 Å². The molecular weight excluding hydrogens is 403 g/mol. The number of amidine groups is 1. The van der Waals surface area contributed by atoms with Crippen molar-refractivity contribution in [3.63, 3.8) is 0 Å². The van der Waals surface area contributed by atoms with E-state index in [2.05, 4.69) is 0 Å². The van der Waals surface area contributed by atoms with Crippen LogP contribution >= 0.6 is 11.8 Å². The van der Waals surface area contributed by atoms with Crippen LogP contribution in [0.15, 0.2) is 18.2 Å². The second-order valence-corrected chi connectivity index (χ2v) is 6.96. The molecule has 4 nitrogen and oxygen atoms in total. The fourth-order valence-corrected chi connectivity index (χ4v) is 3.38. The number of rotatable bonds is 5. The van der Waals surface area contributed by atoms with E-state index < -0.39 is 41.3 Å². The van der Waals surface area contributed by atoms with Crippen LogP contribution in [0.1, 0.15) is 16.7 Å². The predicted molar refractivity (Wildman–Crippen MR) is 93.6 cm³/mol. The number of anilines is 1. The molecule has 1 N–H and O–H groups in total. The summed E-state index contributed by atoms with van der Waals surface area (Å²) in [7, 11) is 0. The fourth-order valence-electron chi connectivity index (χ4n) is 2.66. The van der Waals surface area contributed by atoms with Gasteiger partial charge in [-0.1, -0.05) is 23.9 Å². The monoisotopic (exact) mass is 416 g/mol. The first-order valence-corrected chi connectivity index (χ1v) is 8.92. The number of nitrogens with one attached hydrogen (secondary N) is 1. The number of aryl methyl sites for hydroxylation is 1. The number of halogens is 5. The third-order valence-corrected chi connectivity index (χ3v) is 4.92. The molecule has 0 atom stereocenters. The Morgan fingerprint density at radius 3 is 2.21 bits per heavy atom. The molecule has 10 heteroatoms. The van der Waals surface area contributed by atoms with Crippen LogP contribution in [0.4, 0.5) is 27.6 Å². The number of amides is 1. The van der Waals surface area contributed by atoms with Crippen molar-refractivity contribution in [2.75, 3.05) is 10.7 Å². The number of carbonyl (C=O) groups excluding carboxylic acids is 1. The predicted octanol–water partition coefficient (Wildman–Crippen LogP) is 4.42. The van der Waals surface area contributed by atoms with Crippen molar-refractivity contribution in [2.45, 2.75) is 20.1 Å². The van der Waals surface area contributed by atoms with Gasteiger partial charge in [0.2, 0.25) is 11.7 Å². The molecule has 0 saturated carbocycles. The third-order valence-electron chi connectivity index (χ3n) is 4.07. The Bertz CT molecular complexity index is 938. The van der Waals surface area contributed by atoms with Crippen LogP contribution in [0.3, 0.4) is 0 Å². The van der Waals surface area contributed by atoms with E-state index in [1.54, 1.807) is 25.1 Å². The average Bonchev–Trinajstić information content (AvgIpc) is 3.00. The van der Waals surface area contributed by atoms with Gasteiger partial charge in [0.15, 0.2) is 28.4 Å². The van der Waals surface area contributed by atoms with Gasteiger partial charge in [-0.2, -0.15) is 0 Å². The second-order valence-electron chi connectivity index (χ2n) is 6.00. The highest BCUT2D eigenvalue weighted by molar-refractivity contribution is 8.15. The van der Waals surface area contributed by atoms with Crippen LogP contribution < -0.4 is 4.90 Å². The summed E-state index contributed by atoms with van der Waals surface area (Å²) in [6.45, 7) is 0.649. The van der Waals surface area contributed by atoms with Crippen molar-refractivity contribution in [1.29, 1.82) is 5.41 Å². The largest absolute Gasteiger partial charge is 0.372 e. The van der Waals surface area contributed by atoms with Gasteiger partial charge in [-0.05, 0) is 18.6 Å². The van der Waals surface area contributed by atoms with E-state index in [4.69, 9.17) is 10.1 Å². The Labute approximate surface area is 160 Å². The number of ether oxygens (including phenoxy) is 1. The Morgan fingerprint density at radius 2 is 1.64 bits per heavy atom. The van der Waals surface area contributed by atoms with Gasteiger partial charge in [-0.3, -0.25) is 15.1 Å². The van der Waals surface area contributed by atoms with Crippen molar-refractivity contribution in [3.05, 3.63) is 64.0 Å². The van der Waals surface area contributed by atoms with Crippen molar-refractivity contribution in [1.82, 2.24) is 0 Å². The van der Waals surface area contributed by atoms with Gasteiger partial charge in [-0.25, -0.2) is 22.0 Å². The Morgan fingerprint density at radius 1 is 1.04 bits per heavy atom. The van der Waals surface area contributed by atoms with Crippen molar-refractivity contribution < 1.29 is 31.5 Å². The quantitative estimate of drug-likeness (QED) is 0.446. The van der Waals surface area contributed by atoms with Gasteiger partial charge < -0.3 is 4.74 Å². The lowest BCUT2D eigenvalue weighted by Crippen LogP contribution is -2.29. The molecule has 0 aliphatic carbocycles. The zero-order valence-corrected chi connectivity index (χ0v) is 15.2. The highest BCUT2D eigenvalue weighted by Gasteiger charge is 2.30. The fraction of sp³-hybridized carbons (Fsp3) is 0.222. The molecule has 3 rings (SSSR count). The first-order valence-electron chi connectivity index (χ1n) is 7.94. The molecule has 1 heterocycles. The number of benzene rings is 2. The number of carbonyl (C=O) groups is 1. The van der Waals surface area contributed by atoms with Crippen molar-refractivity contribution >= 4 is 28.5 Å². The summed E-state index contributed by atoms with van der Waals surface area (Å²) in [4.78, 5) is 13.2. The molecule has 0 radical (unpaired) electrons. The molecule has 28 heavy (non-hydrogen) atoms. The molecule has 2 aromatic rings. The minimum atomic E-state index is -2.23. The number of hydrogen-bond donors (Lipinski definition) is 1. The molecule has 0 spiro atoms. The average molecular weight is 416 g/mol. The summed E-state index contributed by atoms with van der Waals surface area (Å²) >= 11 is 1.05. The molecule has 1 amide bonds. The van der Waals surface area contributed by atoms with Crippen molar-refractivity contribution in [2.24, 2.45) is 0 Å². The lowest BCUT2D eigenvalue weighted by molar-refractivity contribution is -0.115. The number of hydrogen-bond acceptors (Lipinski definition) is 4. The van der Waals surface area contributed by atoms with E-state index in [1.165, 1.54) is 4.90 Å². The molecule has 1 aliphatic rings. The SMILES string of the molecule is Cc1ccc(COCc2c(F)c(F)c(F)c(F)c2F)c(N2C(=N)SCC2=O)c1. The number of thioether (sulfide) groups is 1. The Balaban J connectivity index is 1.84. The first-order chi connectivity index (χ1) is 13.2. The van der Waals surface area contributed by atoms with Gasteiger partial charge >= 0.3 is 0 Å².